The van der Waals surface area contributed by atoms with E-state index < -0.39 is 0 Å². The minimum Gasteiger partial charge on any atom is -0.322 e. The number of carbonyl (C=O) groups is 1. The number of hydrogen-bond donors (Lipinski definition) is 1. The highest BCUT2D eigenvalue weighted by molar-refractivity contribution is 5.83. The van der Waals surface area contributed by atoms with Gasteiger partial charge in [0.05, 0.1) is 6.04 Å². The van der Waals surface area contributed by atoms with E-state index in [0.717, 1.165) is 25.8 Å². The molecular weight excluding hydrogens is 212 g/mol. The summed E-state index contributed by atoms with van der Waals surface area (Å²) in [6.07, 6.45) is 6.07. The number of Topliss-reactive ketones (excluding diaryl/α,β-unsaturated/α-hetero) is 1. The Balaban J connectivity index is 3.63. The van der Waals surface area contributed by atoms with Crippen LogP contribution >= 0.6 is 0 Å². The largest absolute Gasteiger partial charge is 0.322 e. The molecule has 0 radical (unpaired) electrons. The molecule has 3 heteroatoms. The van der Waals surface area contributed by atoms with Crippen molar-refractivity contribution in [3.8, 4) is 0 Å². The second kappa shape index (κ2) is 10.7. The van der Waals surface area contributed by atoms with E-state index in [9.17, 15) is 4.79 Å². The monoisotopic (exact) mass is 242 g/mol. The second-order valence-corrected chi connectivity index (χ2v) is 4.76. The Morgan fingerprint density at radius 3 is 2.12 bits per heavy atom. The lowest BCUT2D eigenvalue weighted by Gasteiger charge is -2.21. The van der Waals surface area contributed by atoms with Crippen LogP contribution in [0, 0.1) is 0 Å². The van der Waals surface area contributed by atoms with Gasteiger partial charge in [-0.15, -0.1) is 0 Å². The van der Waals surface area contributed by atoms with Crippen LogP contribution in [-0.2, 0) is 4.79 Å². The van der Waals surface area contributed by atoms with Crippen LogP contribution in [0.2, 0.25) is 0 Å². The maximum atomic E-state index is 11.3. The third kappa shape index (κ3) is 8.33. The molecule has 0 aliphatic rings. The van der Waals surface area contributed by atoms with Crippen LogP contribution in [-0.4, -0.2) is 36.4 Å². The van der Waals surface area contributed by atoms with Crippen LogP contribution in [0.5, 0.6) is 0 Å². The van der Waals surface area contributed by atoms with Crippen molar-refractivity contribution >= 4 is 5.78 Å². The molecule has 102 valence electrons. The van der Waals surface area contributed by atoms with Gasteiger partial charge in [-0.1, -0.05) is 27.2 Å². The average Bonchev–Trinajstić information content (AvgIpc) is 2.33. The Morgan fingerprint density at radius 2 is 1.65 bits per heavy atom. The molecule has 0 aromatic heterocycles. The van der Waals surface area contributed by atoms with Crippen LogP contribution in [0.1, 0.15) is 59.3 Å². The Labute approximate surface area is 107 Å². The molecule has 0 aromatic carbocycles. The van der Waals surface area contributed by atoms with Gasteiger partial charge in [0, 0.05) is 6.42 Å². The first kappa shape index (κ1) is 16.6. The van der Waals surface area contributed by atoms with Gasteiger partial charge in [0.2, 0.25) is 0 Å². The highest BCUT2D eigenvalue weighted by Gasteiger charge is 2.10. The highest BCUT2D eigenvalue weighted by atomic mass is 16.1. The number of nitrogens with two attached hydrogens (primary N) is 1. The minimum absolute atomic E-state index is 0.198. The first-order valence-corrected chi connectivity index (χ1v) is 7.16. The van der Waals surface area contributed by atoms with Crippen molar-refractivity contribution in [2.75, 3.05) is 19.6 Å². The van der Waals surface area contributed by atoms with E-state index in [4.69, 9.17) is 5.73 Å². The maximum absolute atomic E-state index is 11.3. The van der Waals surface area contributed by atoms with Crippen molar-refractivity contribution in [3.63, 3.8) is 0 Å². The van der Waals surface area contributed by atoms with E-state index in [0.29, 0.717) is 6.42 Å². The van der Waals surface area contributed by atoms with Crippen molar-refractivity contribution in [1.82, 2.24) is 4.90 Å². The van der Waals surface area contributed by atoms with Crippen molar-refractivity contribution in [2.45, 2.75) is 65.3 Å². The summed E-state index contributed by atoms with van der Waals surface area (Å²) in [5.74, 6) is 0.198. The summed E-state index contributed by atoms with van der Waals surface area (Å²) in [4.78, 5) is 13.8. The maximum Gasteiger partial charge on any atom is 0.149 e. The van der Waals surface area contributed by atoms with E-state index in [-0.39, 0.29) is 11.8 Å². The molecule has 0 amide bonds. The molecule has 0 heterocycles. The molecule has 1 atom stereocenters. The Hall–Kier alpha value is -0.410. The predicted molar refractivity (Wildman–Crippen MR) is 74.1 cm³/mol. The Bertz CT molecular complexity index is 189. The van der Waals surface area contributed by atoms with Gasteiger partial charge in [-0.3, -0.25) is 4.79 Å². The first-order valence-electron chi connectivity index (χ1n) is 7.16. The third-order valence-electron chi connectivity index (χ3n) is 3.08. The molecule has 0 saturated heterocycles. The van der Waals surface area contributed by atoms with Gasteiger partial charge >= 0.3 is 0 Å². The summed E-state index contributed by atoms with van der Waals surface area (Å²) in [5.41, 5.74) is 5.80. The number of carbonyl (C=O) groups excluding carboxylic acids is 1. The fourth-order valence-corrected chi connectivity index (χ4v) is 2.09. The lowest BCUT2D eigenvalue weighted by atomic mass is 10.0. The number of ketones is 1. The zero-order valence-electron chi connectivity index (χ0n) is 11.9. The van der Waals surface area contributed by atoms with Gasteiger partial charge < -0.3 is 10.6 Å². The molecule has 2 N–H and O–H groups in total. The molecule has 3 nitrogen and oxygen atoms in total. The molecule has 0 fully saturated rings. The number of rotatable bonds is 11. The number of hydrogen-bond acceptors (Lipinski definition) is 3. The van der Waals surface area contributed by atoms with E-state index in [1.54, 1.807) is 0 Å². The van der Waals surface area contributed by atoms with E-state index in [1.807, 2.05) is 6.92 Å². The molecule has 0 saturated carbocycles. The van der Waals surface area contributed by atoms with Gasteiger partial charge in [0.25, 0.3) is 0 Å². The lowest BCUT2D eigenvalue weighted by molar-refractivity contribution is -0.120. The summed E-state index contributed by atoms with van der Waals surface area (Å²) >= 11 is 0. The molecule has 0 spiro atoms. The SMILES string of the molecule is CCCN(CCC)CCCCC(N)C(=O)CC. The van der Waals surface area contributed by atoms with E-state index >= 15 is 0 Å². The van der Waals surface area contributed by atoms with Crippen molar-refractivity contribution in [2.24, 2.45) is 5.73 Å². The minimum atomic E-state index is -0.231. The summed E-state index contributed by atoms with van der Waals surface area (Å²) in [7, 11) is 0. The van der Waals surface area contributed by atoms with Crippen LogP contribution < -0.4 is 5.73 Å². The van der Waals surface area contributed by atoms with Crippen LogP contribution in [0.3, 0.4) is 0 Å². The van der Waals surface area contributed by atoms with E-state index in [1.165, 1.54) is 25.9 Å². The van der Waals surface area contributed by atoms with Gasteiger partial charge in [0.1, 0.15) is 5.78 Å². The van der Waals surface area contributed by atoms with Crippen LogP contribution in [0.4, 0.5) is 0 Å². The molecule has 0 bridgehead atoms. The topological polar surface area (TPSA) is 46.3 Å². The van der Waals surface area contributed by atoms with Crippen molar-refractivity contribution in [3.05, 3.63) is 0 Å². The normalized spacial score (nSPS) is 13.0. The Morgan fingerprint density at radius 1 is 1.06 bits per heavy atom. The summed E-state index contributed by atoms with van der Waals surface area (Å²) < 4.78 is 0. The van der Waals surface area contributed by atoms with Crippen molar-refractivity contribution in [1.29, 1.82) is 0 Å². The molecule has 0 aromatic rings. The Kier molecular flexibility index (Phi) is 10.5. The number of unbranched alkanes of at least 4 members (excludes halogenated alkanes) is 1. The quantitative estimate of drug-likeness (QED) is 0.566. The number of nitrogens with zero attached hydrogens (tertiary/aromatic N) is 1. The third-order valence-corrected chi connectivity index (χ3v) is 3.08. The van der Waals surface area contributed by atoms with Crippen LogP contribution in [0.15, 0.2) is 0 Å². The lowest BCUT2D eigenvalue weighted by Crippen LogP contribution is -2.30. The smallest absolute Gasteiger partial charge is 0.149 e. The average molecular weight is 242 g/mol. The zero-order valence-corrected chi connectivity index (χ0v) is 11.9. The summed E-state index contributed by atoms with van der Waals surface area (Å²) in [6, 6.07) is -0.231. The fourth-order valence-electron chi connectivity index (χ4n) is 2.09. The van der Waals surface area contributed by atoms with Gasteiger partial charge in [-0.25, -0.2) is 0 Å². The molecule has 0 aliphatic heterocycles. The van der Waals surface area contributed by atoms with Crippen LogP contribution in [0.25, 0.3) is 0 Å². The predicted octanol–water partition coefficient (Wildman–Crippen LogP) is 2.59. The van der Waals surface area contributed by atoms with Gasteiger partial charge in [-0.2, -0.15) is 0 Å². The zero-order chi connectivity index (χ0) is 13.1. The molecule has 0 aliphatic carbocycles. The summed E-state index contributed by atoms with van der Waals surface area (Å²) in [5, 5.41) is 0. The van der Waals surface area contributed by atoms with Gasteiger partial charge in [0.15, 0.2) is 0 Å². The fraction of sp³-hybridized carbons (Fsp3) is 0.929. The second-order valence-electron chi connectivity index (χ2n) is 4.76. The summed E-state index contributed by atoms with van der Waals surface area (Å²) in [6.45, 7) is 9.85. The van der Waals surface area contributed by atoms with Crippen molar-refractivity contribution < 1.29 is 4.79 Å². The molecule has 0 rings (SSSR count). The molecular formula is C14H30N2O. The van der Waals surface area contributed by atoms with E-state index in [2.05, 4.69) is 18.7 Å². The molecule has 17 heavy (non-hydrogen) atoms. The highest BCUT2D eigenvalue weighted by Crippen LogP contribution is 2.04. The first-order chi connectivity index (χ1) is 8.15. The standard InChI is InChI=1S/C14H30N2O/c1-4-10-16(11-5-2)12-8-7-9-13(15)14(17)6-3/h13H,4-12,15H2,1-3H3. The molecule has 1 unspecified atom stereocenters. The van der Waals surface area contributed by atoms with Gasteiger partial charge in [-0.05, 0) is 45.3 Å².